The molecular formula is C20H14Cl2N2O4S. The molecule has 1 aromatic carbocycles. The fraction of sp³-hybridized carbons (Fsp3) is 0.150. The van der Waals surface area contributed by atoms with E-state index in [9.17, 15) is 9.59 Å². The van der Waals surface area contributed by atoms with Crippen molar-refractivity contribution < 1.29 is 18.7 Å². The Morgan fingerprint density at radius 2 is 1.97 bits per heavy atom. The lowest BCUT2D eigenvalue weighted by atomic mass is 10.1. The van der Waals surface area contributed by atoms with Gasteiger partial charge in [-0.3, -0.25) is 4.79 Å². The highest BCUT2D eigenvalue weighted by Crippen LogP contribution is 2.34. The number of nitrogens with zero attached hydrogens (tertiary/aromatic N) is 2. The molecule has 0 saturated carbocycles. The van der Waals surface area contributed by atoms with Crippen molar-refractivity contribution >= 4 is 52.1 Å². The maximum absolute atomic E-state index is 12.8. The molecule has 29 heavy (non-hydrogen) atoms. The molecule has 4 rings (SSSR count). The molecule has 1 atom stereocenters. The van der Waals surface area contributed by atoms with Gasteiger partial charge >= 0.3 is 5.97 Å². The Kier molecular flexibility index (Phi) is 5.71. The van der Waals surface area contributed by atoms with Crippen molar-refractivity contribution in [2.45, 2.75) is 12.5 Å². The molecule has 6 nitrogen and oxygen atoms in total. The maximum atomic E-state index is 12.8. The molecule has 1 aliphatic rings. The number of carbonyl (C=O) groups excluding carboxylic acids is 2. The second-order valence-electron chi connectivity index (χ2n) is 6.17. The monoisotopic (exact) mass is 448 g/mol. The lowest BCUT2D eigenvalue weighted by Crippen LogP contribution is -2.31. The zero-order chi connectivity index (χ0) is 20.4. The number of esters is 1. The van der Waals surface area contributed by atoms with Crippen LogP contribution in [0.3, 0.4) is 0 Å². The van der Waals surface area contributed by atoms with Crippen LogP contribution in [0.4, 0.5) is 0 Å². The van der Waals surface area contributed by atoms with Crippen molar-refractivity contribution in [2.24, 2.45) is 5.10 Å². The van der Waals surface area contributed by atoms with Gasteiger partial charge in [0.05, 0.1) is 32.5 Å². The first kappa shape index (κ1) is 19.7. The molecule has 0 bridgehead atoms. The number of halogens is 2. The van der Waals surface area contributed by atoms with Crippen LogP contribution in [-0.4, -0.2) is 29.2 Å². The van der Waals surface area contributed by atoms with Crippen molar-refractivity contribution in [3.8, 4) is 0 Å². The highest BCUT2D eigenvalue weighted by Gasteiger charge is 2.35. The smallest absolute Gasteiger partial charge is 0.341 e. The lowest BCUT2D eigenvalue weighted by molar-refractivity contribution is -0.136. The number of furan rings is 1. The van der Waals surface area contributed by atoms with Crippen LogP contribution in [0.1, 0.15) is 33.5 Å². The summed E-state index contributed by atoms with van der Waals surface area (Å²) in [5.41, 5.74) is 0.797. The lowest BCUT2D eigenvalue weighted by Gasteiger charge is -2.19. The summed E-state index contributed by atoms with van der Waals surface area (Å²) in [5, 5.41) is 8.02. The average Bonchev–Trinajstić information content (AvgIpc) is 3.46. The molecule has 9 heteroatoms. The van der Waals surface area contributed by atoms with E-state index in [-0.39, 0.29) is 15.6 Å². The van der Waals surface area contributed by atoms with E-state index in [1.165, 1.54) is 28.5 Å². The summed E-state index contributed by atoms with van der Waals surface area (Å²) in [4.78, 5) is 26.1. The third kappa shape index (κ3) is 4.07. The third-order valence-corrected chi connectivity index (χ3v) is 5.89. The molecule has 1 aliphatic heterocycles. The zero-order valence-corrected chi connectivity index (χ0v) is 17.2. The SMILES string of the molecule is O=C(OCC(=O)N1N=C(c2cccs2)CC1c1ccco1)c1c(Cl)cccc1Cl. The Hall–Kier alpha value is -2.61. The molecule has 0 spiro atoms. The van der Waals surface area contributed by atoms with E-state index in [2.05, 4.69) is 5.10 Å². The topological polar surface area (TPSA) is 72.1 Å². The number of amides is 1. The Morgan fingerprint density at radius 1 is 1.17 bits per heavy atom. The predicted octanol–water partition coefficient (Wildman–Crippen LogP) is 5.18. The molecule has 3 aromatic rings. The van der Waals surface area contributed by atoms with Gasteiger partial charge in [0, 0.05) is 6.42 Å². The van der Waals surface area contributed by atoms with E-state index >= 15 is 0 Å². The molecule has 0 aliphatic carbocycles. The summed E-state index contributed by atoms with van der Waals surface area (Å²) in [6, 6.07) is 11.7. The van der Waals surface area contributed by atoms with Crippen LogP contribution in [0, 0.1) is 0 Å². The number of benzene rings is 1. The second kappa shape index (κ2) is 8.41. The highest BCUT2D eigenvalue weighted by atomic mass is 35.5. The Labute approximate surface area is 180 Å². The van der Waals surface area contributed by atoms with Gasteiger partial charge in [0.2, 0.25) is 0 Å². The van der Waals surface area contributed by atoms with Gasteiger partial charge in [-0.25, -0.2) is 9.80 Å². The third-order valence-electron chi connectivity index (χ3n) is 4.34. The summed E-state index contributed by atoms with van der Waals surface area (Å²) < 4.78 is 10.6. The second-order valence-corrected chi connectivity index (χ2v) is 7.93. The number of hydrogen-bond donors (Lipinski definition) is 0. The first-order chi connectivity index (χ1) is 14.0. The molecule has 1 amide bonds. The van der Waals surface area contributed by atoms with Crippen molar-refractivity contribution in [3.05, 3.63) is 80.4 Å². The summed E-state index contributed by atoms with van der Waals surface area (Å²) in [6.45, 7) is -0.501. The molecule has 1 unspecified atom stereocenters. The van der Waals surface area contributed by atoms with Crippen LogP contribution in [0.5, 0.6) is 0 Å². The van der Waals surface area contributed by atoms with Crippen LogP contribution in [0.25, 0.3) is 0 Å². The van der Waals surface area contributed by atoms with E-state index < -0.39 is 24.5 Å². The van der Waals surface area contributed by atoms with Crippen molar-refractivity contribution in [1.29, 1.82) is 0 Å². The fourth-order valence-electron chi connectivity index (χ4n) is 2.99. The highest BCUT2D eigenvalue weighted by molar-refractivity contribution is 7.12. The van der Waals surface area contributed by atoms with Gasteiger partial charge in [0.25, 0.3) is 5.91 Å². The molecule has 0 radical (unpaired) electrons. The first-order valence-electron chi connectivity index (χ1n) is 8.62. The number of hydrogen-bond acceptors (Lipinski definition) is 6. The minimum absolute atomic E-state index is 0.0235. The summed E-state index contributed by atoms with van der Waals surface area (Å²) in [7, 11) is 0. The first-order valence-corrected chi connectivity index (χ1v) is 10.3. The Morgan fingerprint density at radius 3 is 2.62 bits per heavy atom. The number of ether oxygens (including phenoxy) is 1. The Balaban J connectivity index is 1.51. The van der Waals surface area contributed by atoms with Gasteiger partial charge < -0.3 is 9.15 Å². The van der Waals surface area contributed by atoms with E-state index in [0.717, 1.165) is 10.6 Å². The molecule has 148 valence electrons. The quantitative estimate of drug-likeness (QED) is 0.503. The fourth-order valence-corrected chi connectivity index (χ4v) is 4.27. The number of carbonyl (C=O) groups is 2. The van der Waals surface area contributed by atoms with Gasteiger partial charge in [-0.1, -0.05) is 35.3 Å². The predicted molar refractivity (Wildman–Crippen MR) is 111 cm³/mol. The largest absolute Gasteiger partial charge is 0.467 e. The molecular weight excluding hydrogens is 435 g/mol. The zero-order valence-electron chi connectivity index (χ0n) is 14.9. The van der Waals surface area contributed by atoms with E-state index in [1.54, 1.807) is 24.5 Å². The van der Waals surface area contributed by atoms with Gasteiger partial charge in [-0.2, -0.15) is 5.10 Å². The van der Waals surface area contributed by atoms with Gasteiger partial charge in [-0.15, -0.1) is 11.3 Å². The van der Waals surface area contributed by atoms with Gasteiger partial charge in [0.1, 0.15) is 11.8 Å². The van der Waals surface area contributed by atoms with E-state index in [1.807, 2.05) is 17.5 Å². The number of thiophene rings is 1. The normalized spacial score (nSPS) is 16.0. The molecule has 2 aromatic heterocycles. The summed E-state index contributed by atoms with van der Waals surface area (Å²) >= 11 is 13.6. The van der Waals surface area contributed by atoms with E-state index in [4.69, 9.17) is 32.4 Å². The molecule has 0 saturated heterocycles. The molecule has 0 N–H and O–H groups in total. The minimum atomic E-state index is -0.773. The van der Waals surface area contributed by atoms with E-state index in [0.29, 0.717) is 12.2 Å². The number of hydrazone groups is 1. The minimum Gasteiger partial charge on any atom is -0.467 e. The maximum Gasteiger partial charge on any atom is 0.341 e. The van der Waals surface area contributed by atoms with Crippen LogP contribution in [0.15, 0.2) is 63.6 Å². The van der Waals surface area contributed by atoms with Crippen LogP contribution in [-0.2, 0) is 9.53 Å². The average molecular weight is 449 g/mol. The standard InChI is InChI=1S/C20H14Cl2N2O4S/c21-12-4-1-5-13(22)19(12)20(26)28-11-18(25)24-15(16-6-2-8-27-16)10-14(23-24)17-7-3-9-29-17/h1-9,15H,10-11H2. The molecule has 0 fully saturated rings. The van der Waals surface area contributed by atoms with Crippen molar-refractivity contribution in [3.63, 3.8) is 0 Å². The summed E-state index contributed by atoms with van der Waals surface area (Å²) in [5.74, 6) is -0.645. The van der Waals surface area contributed by atoms with Crippen LogP contribution in [0.2, 0.25) is 10.0 Å². The number of rotatable bonds is 5. The van der Waals surface area contributed by atoms with Crippen molar-refractivity contribution in [1.82, 2.24) is 5.01 Å². The van der Waals surface area contributed by atoms with Crippen LogP contribution < -0.4 is 0 Å². The van der Waals surface area contributed by atoms with Gasteiger partial charge in [0.15, 0.2) is 6.61 Å². The van der Waals surface area contributed by atoms with Crippen LogP contribution >= 0.6 is 34.5 Å². The summed E-state index contributed by atoms with van der Waals surface area (Å²) in [6.07, 6.45) is 2.05. The van der Waals surface area contributed by atoms with Gasteiger partial charge in [-0.05, 0) is 35.7 Å². The molecule has 3 heterocycles. The van der Waals surface area contributed by atoms with Crippen molar-refractivity contribution in [2.75, 3.05) is 6.61 Å². The Bertz CT molecular complexity index is 1040.